The minimum atomic E-state index is -0.0200. The van der Waals surface area contributed by atoms with Crippen molar-refractivity contribution in [2.75, 3.05) is 20.3 Å². The molecule has 1 aromatic rings. The van der Waals surface area contributed by atoms with Gasteiger partial charge >= 0.3 is 0 Å². The number of halogens is 1. The van der Waals surface area contributed by atoms with Gasteiger partial charge in [0.25, 0.3) is 0 Å². The summed E-state index contributed by atoms with van der Waals surface area (Å²) < 4.78 is 10.4. The van der Waals surface area contributed by atoms with Crippen LogP contribution in [-0.2, 0) is 4.74 Å². The lowest BCUT2D eigenvalue weighted by Gasteiger charge is -2.28. The standard InChI is InChI=1S/C13H19NO3.ClH/c1-16-12-8-10(2-3-11(12)15)13(14)9-4-6-17-7-5-9;/h2-3,8-9,13,15H,4-7,14H2,1H3;1H/t13-;/m1./s1. The molecule has 4 nitrogen and oxygen atoms in total. The molecule has 0 spiro atoms. The highest BCUT2D eigenvalue weighted by Gasteiger charge is 2.22. The van der Waals surface area contributed by atoms with Crippen LogP contribution in [0.25, 0.3) is 0 Å². The Kier molecular flexibility index (Phi) is 5.72. The molecular formula is C13H20ClNO3. The van der Waals surface area contributed by atoms with Crippen LogP contribution in [0.3, 0.4) is 0 Å². The van der Waals surface area contributed by atoms with Crippen LogP contribution in [0.2, 0.25) is 0 Å². The molecule has 0 aromatic heterocycles. The Labute approximate surface area is 113 Å². The summed E-state index contributed by atoms with van der Waals surface area (Å²) in [5, 5.41) is 9.54. The van der Waals surface area contributed by atoms with E-state index < -0.39 is 0 Å². The summed E-state index contributed by atoms with van der Waals surface area (Å²) in [7, 11) is 1.54. The maximum absolute atomic E-state index is 9.54. The predicted molar refractivity (Wildman–Crippen MR) is 72.4 cm³/mol. The minimum Gasteiger partial charge on any atom is -0.504 e. The third-order valence-electron chi connectivity index (χ3n) is 3.36. The van der Waals surface area contributed by atoms with Crippen LogP contribution in [0.15, 0.2) is 18.2 Å². The predicted octanol–water partition coefficient (Wildman–Crippen LogP) is 2.25. The monoisotopic (exact) mass is 273 g/mol. The Morgan fingerprint density at radius 2 is 2.06 bits per heavy atom. The topological polar surface area (TPSA) is 64.7 Å². The SMILES string of the molecule is COc1cc([C@H](N)C2CCOCC2)ccc1O.Cl. The van der Waals surface area contributed by atoms with Crippen molar-refractivity contribution < 1.29 is 14.6 Å². The van der Waals surface area contributed by atoms with Crippen LogP contribution in [0, 0.1) is 5.92 Å². The third-order valence-corrected chi connectivity index (χ3v) is 3.36. The van der Waals surface area contributed by atoms with E-state index in [1.54, 1.807) is 13.2 Å². The highest BCUT2D eigenvalue weighted by atomic mass is 35.5. The highest BCUT2D eigenvalue weighted by Crippen LogP contribution is 2.33. The second kappa shape index (κ2) is 6.83. The van der Waals surface area contributed by atoms with Crippen LogP contribution >= 0.6 is 12.4 Å². The first-order valence-electron chi connectivity index (χ1n) is 5.92. The molecule has 2 rings (SSSR count). The van der Waals surface area contributed by atoms with Gasteiger partial charge in [0, 0.05) is 19.3 Å². The van der Waals surface area contributed by atoms with E-state index in [0.29, 0.717) is 11.7 Å². The molecule has 18 heavy (non-hydrogen) atoms. The molecule has 1 aliphatic rings. The molecule has 1 aromatic carbocycles. The van der Waals surface area contributed by atoms with Gasteiger partial charge in [-0.2, -0.15) is 0 Å². The molecule has 102 valence electrons. The summed E-state index contributed by atoms with van der Waals surface area (Å²) in [4.78, 5) is 0. The molecule has 1 atom stereocenters. The zero-order chi connectivity index (χ0) is 12.3. The maximum atomic E-state index is 9.54. The highest BCUT2D eigenvalue weighted by molar-refractivity contribution is 5.85. The molecule has 3 N–H and O–H groups in total. The van der Waals surface area contributed by atoms with E-state index in [0.717, 1.165) is 31.6 Å². The number of phenolic OH excluding ortho intramolecular Hbond substituents is 1. The summed E-state index contributed by atoms with van der Waals surface area (Å²) in [5.74, 6) is 1.07. The number of hydrogen-bond acceptors (Lipinski definition) is 4. The van der Waals surface area contributed by atoms with Gasteiger partial charge in [0.05, 0.1) is 7.11 Å². The molecule has 1 saturated heterocycles. The second-order valence-electron chi connectivity index (χ2n) is 4.41. The van der Waals surface area contributed by atoms with Crippen LogP contribution in [0.5, 0.6) is 11.5 Å². The molecule has 1 aliphatic heterocycles. The Hall–Kier alpha value is -0.970. The van der Waals surface area contributed by atoms with Crippen molar-refractivity contribution in [2.24, 2.45) is 11.7 Å². The van der Waals surface area contributed by atoms with Gasteiger partial charge in [-0.25, -0.2) is 0 Å². The first-order chi connectivity index (χ1) is 8.22. The van der Waals surface area contributed by atoms with E-state index in [4.69, 9.17) is 15.2 Å². The Bertz CT molecular complexity index is 380. The van der Waals surface area contributed by atoms with Crippen molar-refractivity contribution in [3.63, 3.8) is 0 Å². The summed E-state index contributed by atoms with van der Waals surface area (Å²) in [6, 6.07) is 5.29. The smallest absolute Gasteiger partial charge is 0.160 e. The van der Waals surface area contributed by atoms with Gasteiger partial charge in [-0.1, -0.05) is 6.07 Å². The number of methoxy groups -OCH3 is 1. The first kappa shape index (κ1) is 15.1. The van der Waals surface area contributed by atoms with Crippen LogP contribution in [0.4, 0.5) is 0 Å². The number of aromatic hydroxyl groups is 1. The molecule has 1 heterocycles. The number of ether oxygens (including phenoxy) is 2. The molecule has 0 aliphatic carbocycles. The molecule has 0 bridgehead atoms. The summed E-state index contributed by atoms with van der Waals surface area (Å²) in [6.45, 7) is 1.57. The lowest BCUT2D eigenvalue weighted by molar-refractivity contribution is 0.0583. The van der Waals surface area contributed by atoms with Gasteiger partial charge in [-0.15, -0.1) is 12.4 Å². The number of rotatable bonds is 3. The maximum Gasteiger partial charge on any atom is 0.160 e. The molecular weight excluding hydrogens is 254 g/mol. The second-order valence-corrected chi connectivity index (χ2v) is 4.41. The average molecular weight is 274 g/mol. The van der Waals surface area contributed by atoms with Crippen molar-refractivity contribution in [1.82, 2.24) is 0 Å². The molecule has 0 saturated carbocycles. The summed E-state index contributed by atoms with van der Waals surface area (Å²) in [6.07, 6.45) is 1.98. The Morgan fingerprint density at radius 3 is 2.67 bits per heavy atom. The lowest BCUT2D eigenvalue weighted by atomic mass is 9.88. The van der Waals surface area contributed by atoms with Gasteiger partial charge < -0.3 is 20.3 Å². The van der Waals surface area contributed by atoms with Crippen molar-refractivity contribution >= 4 is 12.4 Å². The zero-order valence-electron chi connectivity index (χ0n) is 10.5. The summed E-state index contributed by atoms with van der Waals surface area (Å²) in [5.41, 5.74) is 7.26. The van der Waals surface area contributed by atoms with Crippen LogP contribution < -0.4 is 10.5 Å². The number of phenols is 1. The molecule has 1 fully saturated rings. The molecule has 0 unspecified atom stereocenters. The Balaban J connectivity index is 0.00000162. The minimum absolute atomic E-state index is 0. The van der Waals surface area contributed by atoms with Crippen LogP contribution in [0.1, 0.15) is 24.4 Å². The third kappa shape index (κ3) is 3.28. The van der Waals surface area contributed by atoms with Gasteiger partial charge in [0.15, 0.2) is 11.5 Å². The van der Waals surface area contributed by atoms with Crippen molar-refractivity contribution in [3.05, 3.63) is 23.8 Å². The number of benzene rings is 1. The average Bonchev–Trinajstić information content (AvgIpc) is 2.39. The summed E-state index contributed by atoms with van der Waals surface area (Å²) >= 11 is 0. The molecule has 5 heteroatoms. The Morgan fingerprint density at radius 1 is 1.39 bits per heavy atom. The van der Waals surface area contributed by atoms with E-state index in [1.807, 2.05) is 12.1 Å². The zero-order valence-corrected chi connectivity index (χ0v) is 11.3. The van der Waals surface area contributed by atoms with Crippen molar-refractivity contribution in [3.8, 4) is 11.5 Å². The van der Waals surface area contributed by atoms with Gasteiger partial charge in [0.2, 0.25) is 0 Å². The van der Waals surface area contributed by atoms with E-state index in [-0.39, 0.29) is 24.2 Å². The fourth-order valence-electron chi connectivity index (χ4n) is 2.25. The van der Waals surface area contributed by atoms with Gasteiger partial charge in [-0.05, 0) is 36.5 Å². The van der Waals surface area contributed by atoms with E-state index >= 15 is 0 Å². The lowest BCUT2D eigenvalue weighted by Crippen LogP contribution is -2.27. The molecule has 0 radical (unpaired) electrons. The quantitative estimate of drug-likeness (QED) is 0.887. The normalized spacial score (nSPS) is 17.9. The fraction of sp³-hybridized carbons (Fsp3) is 0.538. The number of nitrogens with two attached hydrogens (primary N) is 1. The van der Waals surface area contributed by atoms with Gasteiger partial charge in [0.1, 0.15) is 0 Å². The van der Waals surface area contributed by atoms with E-state index in [1.165, 1.54) is 0 Å². The van der Waals surface area contributed by atoms with Crippen molar-refractivity contribution in [1.29, 1.82) is 0 Å². The fourth-order valence-corrected chi connectivity index (χ4v) is 2.25. The van der Waals surface area contributed by atoms with E-state index in [9.17, 15) is 5.11 Å². The van der Waals surface area contributed by atoms with Crippen molar-refractivity contribution in [2.45, 2.75) is 18.9 Å². The number of hydrogen-bond donors (Lipinski definition) is 2. The molecule has 0 amide bonds. The van der Waals surface area contributed by atoms with E-state index in [2.05, 4.69) is 0 Å². The van der Waals surface area contributed by atoms with Crippen LogP contribution in [-0.4, -0.2) is 25.4 Å². The van der Waals surface area contributed by atoms with Gasteiger partial charge in [-0.3, -0.25) is 0 Å². The first-order valence-corrected chi connectivity index (χ1v) is 5.92. The largest absolute Gasteiger partial charge is 0.504 e.